The summed E-state index contributed by atoms with van der Waals surface area (Å²) in [5, 5.41) is 13.2. The van der Waals surface area contributed by atoms with Crippen molar-refractivity contribution in [3.05, 3.63) is 58.4 Å². The number of carbonyl (C=O) groups is 2. The molecule has 0 radical (unpaired) electrons. The molecule has 1 saturated heterocycles. The molecule has 1 unspecified atom stereocenters. The van der Waals surface area contributed by atoms with Crippen LogP contribution in [0.25, 0.3) is 0 Å². The van der Waals surface area contributed by atoms with Gasteiger partial charge >= 0.3 is 0 Å². The molecule has 6 nitrogen and oxygen atoms in total. The molecule has 1 aliphatic carbocycles. The number of aromatic amines is 1. The van der Waals surface area contributed by atoms with E-state index in [1.54, 1.807) is 11.0 Å². The number of H-pyrrole nitrogens is 1. The molecule has 2 amide bonds. The van der Waals surface area contributed by atoms with Crippen LogP contribution < -0.4 is 5.32 Å². The summed E-state index contributed by atoms with van der Waals surface area (Å²) in [5.74, 6) is 0.117. The van der Waals surface area contributed by atoms with Gasteiger partial charge in [0.2, 0.25) is 5.91 Å². The third-order valence-corrected chi connectivity index (χ3v) is 6.13. The van der Waals surface area contributed by atoms with Crippen molar-refractivity contribution in [3.63, 3.8) is 0 Å². The maximum Gasteiger partial charge on any atom is 0.268 e. The summed E-state index contributed by atoms with van der Waals surface area (Å²) in [6, 6.07) is 8.52. The highest BCUT2D eigenvalue weighted by atomic mass is 35.5. The predicted molar refractivity (Wildman–Crippen MR) is 111 cm³/mol. The number of piperidine rings is 1. The van der Waals surface area contributed by atoms with Gasteiger partial charge in [0, 0.05) is 30.7 Å². The van der Waals surface area contributed by atoms with Crippen LogP contribution in [-0.4, -0.2) is 52.0 Å². The number of rotatable bonds is 6. The van der Waals surface area contributed by atoms with Gasteiger partial charge in [-0.05, 0) is 54.9 Å². The molecule has 1 aliphatic heterocycles. The first-order chi connectivity index (χ1) is 14.0. The minimum atomic E-state index is -0.717. The first-order valence-corrected chi connectivity index (χ1v) is 10.6. The molecule has 7 heteroatoms. The number of hydrogen-bond acceptors (Lipinski definition) is 3. The zero-order chi connectivity index (χ0) is 20.4. The molecular weight excluding hydrogens is 390 g/mol. The molecule has 29 heavy (non-hydrogen) atoms. The Kier molecular flexibility index (Phi) is 5.92. The number of aromatic nitrogens is 1. The molecule has 2 fully saturated rings. The van der Waals surface area contributed by atoms with Crippen molar-refractivity contribution in [1.29, 1.82) is 0 Å². The summed E-state index contributed by atoms with van der Waals surface area (Å²) in [4.78, 5) is 30.8. The number of carbonyl (C=O) groups excluding carboxylic acids is 2. The average molecular weight is 416 g/mol. The van der Waals surface area contributed by atoms with Gasteiger partial charge in [-0.2, -0.15) is 0 Å². The predicted octanol–water partition coefficient (Wildman–Crippen LogP) is 2.87. The topological polar surface area (TPSA) is 85.4 Å². The highest BCUT2D eigenvalue weighted by molar-refractivity contribution is 6.31. The van der Waals surface area contributed by atoms with E-state index in [-0.39, 0.29) is 17.9 Å². The Morgan fingerprint density at radius 3 is 2.62 bits per heavy atom. The van der Waals surface area contributed by atoms with Crippen LogP contribution in [0.15, 0.2) is 36.5 Å². The summed E-state index contributed by atoms with van der Waals surface area (Å²) in [7, 11) is 0. The summed E-state index contributed by atoms with van der Waals surface area (Å²) in [5.41, 5.74) is 2.43. The molecule has 1 atom stereocenters. The SMILES string of the molecule is O=C(NC(Cc1ccccc1Cl)C(=O)N1CCC(O)CC1)c1cc(C2CC2)c[nH]1. The van der Waals surface area contributed by atoms with Gasteiger partial charge in [-0.25, -0.2) is 0 Å². The normalized spacial score (nSPS) is 18.5. The Balaban J connectivity index is 1.50. The fourth-order valence-electron chi connectivity index (χ4n) is 3.82. The number of nitrogens with one attached hydrogen (secondary N) is 2. The molecule has 1 aromatic carbocycles. The second-order valence-electron chi connectivity index (χ2n) is 8.00. The van der Waals surface area contributed by atoms with Crippen LogP contribution in [0.3, 0.4) is 0 Å². The van der Waals surface area contributed by atoms with E-state index in [0.29, 0.717) is 49.0 Å². The number of likely N-dealkylation sites (tertiary alicyclic amines) is 1. The summed E-state index contributed by atoms with van der Waals surface area (Å²) in [6.45, 7) is 0.979. The maximum atomic E-state index is 13.2. The number of halogens is 1. The molecule has 0 bridgehead atoms. The first-order valence-electron chi connectivity index (χ1n) is 10.2. The lowest BCUT2D eigenvalue weighted by Gasteiger charge is -2.32. The van der Waals surface area contributed by atoms with Crippen molar-refractivity contribution in [1.82, 2.24) is 15.2 Å². The quantitative estimate of drug-likeness (QED) is 0.678. The van der Waals surface area contributed by atoms with Crippen LogP contribution in [0.2, 0.25) is 5.02 Å². The van der Waals surface area contributed by atoms with E-state index in [2.05, 4.69) is 10.3 Å². The molecule has 0 spiro atoms. The number of aliphatic hydroxyl groups is 1. The molecule has 2 heterocycles. The lowest BCUT2D eigenvalue weighted by molar-refractivity contribution is -0.135. The molecule has 2 aromatic rings. The number of amides is 2. The van der Waals surface area contributed by atoms with Crippen molar-refractivity contribution in [2.45, 2.75) is 50.2 Å². The summed E-state index contributed by atoms with van der Waals surface area (Å²) in [6.07, 6.45) is 5.26. The zero-order valence-corrected chi connectivity index (χ0v) is 17.0. The van der Waals surface area contributed by atoms with Crippen molar-refractivity contribution in [2.75, 3.05) is 13.1 Å². The van der Waals surface area contributed by atoms with Crippen molar-refractivity contribution >= 4 is 23.4 Å². The van der Waals surface area contributed by atoms with Gasteiger partial charge in [-0.3, -0.25) is 9.59 Å². The molecule has 1 saturated carbocycles. The second kappa shape index (κ2) is 8.59. The Morgan fingerprint density at radius 2 is 1.93 bits per heavy atom. The largest absolute Gasteiger partial charge is 0.393 e. The Hall–Kier alpha value is -2.31. The lowest BCUT2D eigenvalue weighted by atomic mass is 10.0. The Morgan fingerprint density at radius 1 is 1.21 bits per heavy atom. The standard InChI is InChI=1S/C22H26ClN3O3/c23-18-4-2-1-3-15(18)11-20(22(29)26-9-7-17(27)8-10-26)25-21(28)19-12-16(13-24-19)14-5-6-14/h1-4,12-14,17,20,24,27H,5-11H2,(H,25,28). The Labute approximate surface area is 175 Å². The fourth-order valence-corrected chi connectivity index (χ4v) is 4.03. The minimum absolute atomic E-state index is 0.140. The van der Waals surface area contributed by atoms with Gasteiger partial charge in [0.25, 0.3) is 5.91 Å². The summed E-state index contributed by atoms with van der Waals surface area (Å²) < 4.78 is 0. The van der Waals surface area contributed by atoms with E-state index in [1.165, 1.54) is 0 Å². The van der Waals surface area contributed by atoms with Gasteiger partial charge in [-0.1, -0.05) is 29.8 Å². The average Bonchev–Trinajstić information content (AvgIpc) is 3.45. The molecule has 3 N–H and O–H groups in total. The maximum absolute atomic E-state index is 13.2. The zero-order valence-electron chi connectivity index (χ0n) is 16.2. The van der Waals surface area contributed by atoms with Crippen LogP contribution in [0.1, 0.15) is 53.2 Å². The van der Waals surface area contributed by atoms with E-state index in [4.69, 9.17) is 11.6 Å². The van der Waals surface area contributed by atoms with Crippen LogP contribution in [0, 0.1) is 0 Å². The third-order valence-electron chi connectivity index (χ3n) is 5.76. The van der Waals surface area contributed by atoms with Crippen molar-refractivity contribution in [2.24, 2.45) is 0 Å². The second-order valence-corrected chi connectivity index (χ2v) is 8.41. The fraction of sp³-hybridized carbons (Fsp3) is 0.455. The van der Waals surface area contributed by atoms with E-state index in [0.717, 1.165) is 24.0 Å². The molecule has 154 valence electrons. The molecule has 4 rings (SSSR count). The highest BCUT2D eigenvalue weighted by Crippen LogP contribution is 2.40. The summed E-state index contributed by atoms with van der Waals surface area (Å²) >= 11 is 6.30. The number of benzene rings is 1. The highest BCUT2D eigenvalue weighted by Gasteiger charge is 2.31. The van der Waals surface area contributed by atoms with Crippen molar-refractivity contribution < 1.29 is 14.7 Å². The number of nitrogens with zero attached hydrogens (tertiary/aromatic N) is 1. The first kappa shape index (κ1) is 20.0. The van der Waals surface area contributed by atoms with E-state index >= 15 is 0 Å². The Bertz CT molecular complexity index is 885. The molecule has 1 aromatic heterocycles. The van der Waals surface area contributed by atoms with E-state index in [1.807, 2.05) is 30.5 Å². The van der Waals surface area contributed by atoms with Crippen LogP contribution in [0.5, 0.6) is 0 Å². The number of aliphatic hydroxyl groups excluding tert-OH is 1. The van der Waals surface area contributed by atoms with Crippen molar-refractivity contribution in [3.8, 4) is 0 Å². The third kappa shape index (κ3) is 4.82. The van der Waals surface area contributed by atoms with Crippen LogP contribution in [0.4, 0.5) is 0 Å². The van der Waals surface area contributed by atoms with Crippen LogP contribution in [-0.2, 0) is 11.2 Å². The van der Waals surface area contributed by atoms with Gasteiger partial charge in [-0.15, -0.1) is 0 Å². The van der Waals surface area contributed by atoms with E-state index < -0.39 is 6.04 Å². The van der Waals surface area contributed by atoms with Gasteiger partial charge in [0.05, 0.1) is 6.10 Å². The van der Waals surface area contributed by atoms with Crippen LogP contribution >= 0.6 is 11.6 Å². The van der Waals surface area contributed by atoms with Gasteiger partial charge in [0.1, 0.15) is 11.7 Å². The van der Waals surface area contributed by atoms with Gasteiger partial charge < -0.3 is 20.3 Å². The van der Waals surface area contributed by atoms with E-state index in [9.17, 15) is 14.7 Å². The lowest BCUT2D eigenvalue weighted by Crippen LogP contribution is -2.52. The molecular formula is C22H26ClN3O3. The monoisotopic (exact) mass is 415 g/mol. The number of hydrogen-bond donors (Lipinski definition) is 3. The molecule has 2 aliphatic rings. The van der Waals surface area contributed by atoms with Gasteiger partial charge in [0.15, 0.2) is 0 Å². The minimum Gasteiger partial charge on any atom is -0.393 e. The smallest absolute Gasteiger partial charge is 0.268 e.